The Morgan fingerprint density at radius 3 is 2.85 bits per heavy atom. The maximum atomic E-state index is 10.7. The Bertz CT molecular complexity index is 164. The molecular formula is C9H18IN2O-. The first-order chi connectivity index (χ1) is 6.33. The molecule has 0 amide bonds. The van der Waals surface area contributed by atoms with Crippen LogP contribution in [0, 0.1) is 10.8 Å². The molecule has 1 aliphatic carbocycles. The molecule has 0 bridgehead atoms. The molecule has 1 N–H and O–H groups in total. The molecule has 13 heavy (non-hydrogen) atoms. The maximum absolute atomic E-state index is 10.7. The van der Waals surface area contributed by atoms with Gasteiger partial charge in [0.1, 0.15) is 0 Å². The molecule has 0 spiro atoms. The Labute approximate surface area is 90.3 Å². The zero-order chi connectivity index (χ0) is 9.68. The quantitative estimate of drug-likeness (QED) is 0.379. The van der Waals surface area contributed by atoms with Crippen LogP contribution in [0.5, 0.6) is 0 Å². The van der Waals surface area contributed by atoms with E-state index in [0.717, 1.165) is 6.42 Å². The van der Waals surface area contributed by atoms with Crippen LogP contribution in [0.25, 0.3) is 0 Å². The normalized spacial score (nSPS) is 34.8. The van der Waals surface area contributed by atoms with Gasteiger partial charge in [-0.1, -0.05) is 0 Å². The van der Waals surface area contributed by atoms with Crippen LogP contribution in [0.4, 0.5) is 0 Å². The summed E-state index contributed by atoms with van der Waals surface area (Å²) in [5.41, 5.74) is 0. The second kappa shape index (κ2) is 5.90. The van der Waals surface area contributed by atoms with Crippen molar-refractivity contribution in [3.05, 3.63) is 4.91 Å². The molecule has 1 aliphatic rings. The van der Waals surface area contributed by atoms with Crippen molar-refractivity contribution in [3.63, 3.8) is 0 Å². The van der Waals surface area contributed by atoms with Gasteiger partial charge in [-0.15, -0.1) is 0 Å². The number of nitrogens with zero attached hydrogens (tertiary/aromatic N) is 1. The number of hydrogen-bond acceptors (Lipinski definition) is 3. The number of nitrogens with one attached hydrogen (secondary N) is 1. The number of alkyl halides is 2. The molecule has 0 radical (unpaired) electrons. The summed E-state index contributed by atoms with van der Waals surface area (Å²) in [6.07, 6.45) is 3.58. The fraction of sp³-hybridized carbons (Fsp3) is 1.00. The second-order valence-corrected chi connectivity index (χ2v) is 6.01. The van der Waals surface area contributed by atoms with Gasteiger partial charge in [-0.3, -0.25) is 0 Å². The predicted molar refractivity (Wildman–Crippen MR) is 50.6 cm³/mol. The van der Waals surface area contributed by atoms with Crippen LogP contribution in [-0.4, -0.2) is 28.5 Å². The van der Waals surface area contributed by atoms with Crippen LogP contribution >= 0.6 is 0 Å². The van der Waals surface area contributed by atoms with Gasteiger partial charge in [0.15, 0.2) is 0 Å². The van der Waals surface area contributed by atoms with Crippen molar-refractivity contribution in [3.8, 4) is 0 Å². The van der Waals surface area contributed by atoms with E-state index in [-0.39, 0.29) is 6.04 Å². The summed E-state index contributed by atoms with van der Waals surface area (Å²) in [4.78, 5) is 13.0. The standard InChI is InChI=1S/C9H18IN2O/c1-10-6-7-4-3-5-8(11-2)9(7)12-13/h7-9,11H,3-6H2,1-2H3/q-1/t7?,8-,9-/m0/s1. The summed E-state index contributed by atoms with van der Waals surface area (Å²) >= 11 is 0.298. The van der Waals surface area contributed by atoms with Crippen LogP contribution in [0.1, 0.15) is 19.3 Å². The molecule has 4 heteroatoms. The van der Waals surface area contributed by atoms with E-state index in [1.54, 1.807) is 0 Å². The van der Waals surface area contributed by atoms with Gasteiger partial charge in [-0.2, -0.15) is 0 Å². The van der Waals surface area contributed by atoms with Crippen molar-refractivity contribution < 1.29 is 21.2 Å². The monoisotopic (exact) mass is 297 g/mol. The Morgan fingerprint density at radius 2 is 2.31 bits per heavy atom. The van der Waals surface area contributed by atoms with E-state index >= 15 is 0 Å². The van der Waals surface area contributed by atoms with Gasteiger partial charge in [0, 0.05) is 0 Å². The summed E-state index contributed by atoms with van der Waals surface area (Å²) in [5, 5.41) is 6.52. The third kappa shape index (κ3) is 2.87. The zero-order valence-electron chi connectivity index (χ0n) is 8.29. The molecule has 0 saturated heterocycles. The van der Waals surface area contributed by atoms with Crippen LogP contribution in [-0.2, 0) is 0 Å². The zero-order valence-corrected chi connectivity index (χ0v) is 10.5. The SMILES string of the molecule is CN[C@H]1CCCC(C[I-]C)[C@@H]1N=O. The summed E-state index contributed by atoms with van der Waals surface area (Å²) in [6.45, 7) is 0. The van der Waals surface area contributed by atoms with E-state index in [9.17, 15) is 4.91 Å². The van der Waals surface area contributed by atoms with E-state index in [2.05, 4.69) is 15.4 Å². The Morgan fingerprint density at radius 1 is 1.54 bits per heavy atom. The summed E-state index contributed by atoms with van der Waals surface area (Å²) in [5.74, 6) is 0.571. The minimum atomic E-state index is 0.0402. The fourth-order valence-corrected chi connectivity index (χ4v) is 4.20. The van der Waals surface area contributed by atoms with Crippen molar-refractivity contribution in [1.29, 1.82) is 0 Å². The number of likely N-dealkylation sites (N-methyl/N-ethyl adjacent to an activating group) is 1. The molecule has 1 unspecified atom stereocenters. The molecule has 1 fully saturated rings. The first-order valence-electron chi connectivity index (χ1n) is 4.77. The first kappa shape index (κ1) is 11.4. The Kier molecular flexibility index (Phi) is 5.16. The van der Waals surface area contributed by atoms with Crippen molar-refractivity contribution in [1.82, 2.24) is 5.32 Å². The summed E-state index contributed by atoms with van der Waals surface area (Å²) in [7, 11) is 1.94. The van der Waals surface area contributed by atoms with E-state index in [0.29, 0.717) is 33.2 Å². The third-order valence-corrected chi connectivity index (χ3v) is 4.84. The predicted octanol–water partition coefficient (Wildman–Crippen LogP) is -1.77. The third-order valence-electron chi connectivity index (χ3n) is 2.83. The molecule has 0 aliphatic heterocycles. The van der Waals surface area contributed by atoms with Gasteiger partial charge in [0.2, 0.25) is 0 Å². The van der Waals surface area contributed by atoms with Crippen molar-refractivity contribution in [2.24, 2.45) is 11.1 Å². The van der Waals surface area contributed by atoms with Crippen molar-refractivity contribution in [2.45, 2.75) is 31.3 Å². The second-order valence-electron chi connectivity index (χ2n) is 3.60. The van der Waals surface area contributed by atoms with E-state index < -0.39 is 0 Å². The first-order valence-corrected chi connectivity index (χ1v) is 8.45. The van der Waals surface area contributed by atoms with Crippen molar-refractivity contribution in [2.75, 3.05) is 16.4 Å². The van der Waals surface area contributed by atoms with Crippen LogP contribution < -0.4 is 26.5 Å². The van der Waals surface area contributed by atoms with Gasteiger partial charge in [0.05, 0.1) is 0 Å². The fourth-order valence-electron chi connectivity index (χ4n) is 2.11. The van der Waals surface area contributed by atoms with Crippen LogP contribution in [0.2, 0.25) is 0 Å². The van der Waals surface area contributed by atoms with Gasteiger partial charge in [0.25, 0.3) is 0 Å². The van der Waals surface area contributed by atoms with Crippen molar-refractivity contribution >= 4 is 0 Å². The minimum absolute atomic E-state index is 0.0402. The Balaban J connectivity index is 2.55. The number of nitroso groups, excluding NO2 is 1. The van der Waals surface area contributed by atoms with Gasteiger partial charge in [-0.05, 0) is 0 Å². The molecule has 0 aromatic rings. The van der Waals surface area contributed by atoms with E-state index in [1.165, 1.54) is 17.3 Å². The van der Waals surface area contributed by atoms with Crippen LogP contribution in [0.15, 0.2) is 5.18 Å². The van der Waals surface area contributed by atoms with E-state index in [4.69, 9.17) is 0 Å². The Hall–Kier alpha value is 0.290. The molecule has 0 aromatic heterocycles. The average Bonchev–Trinajstić information content (AvgIpc) is 2.18. The molecule has 1 rings (SSSR count). The average molecular weight is 297 g/mol. The molecule has 1 saturated carbocycles. The molecule has 0 heterocycles. The molecular weight excluding hydrogens is 279 g/mol. The molecule has 3 nitrogen and oxygen atoms in total. The van der Waals surface area contributed by atoms with Gasteiger partial charge in [-0.25, -0.2) is 0 Å². The molecule has 3 atom stereocenters. The number of rotatable bonds is 4. The van der Waals surface area contributed by atoms with Gasteiger partial charge < -0.3 is 0 Å². The number of hydrogen-bond donors (Lipinski definition) is 1. The molecule has 78 valence electrons. The number of halogens is 1. The molecule has 0 aromatic carbocycles. The van der Waals surface area contributed by atoms with Gasteiger partial charge >= 0.3 is 90.3 Å². The summed E-state index contributed by atoms with van der Waals surface area (Å²) < 4.78 is 1.26. The van der Waals surface area contributed by atoms with E-state index in [1.807, 2.05) is 7.05 Å². The van der Waals surface area contributed by atoms with Crippen LogP contribution in [0.3, 0.4) is 0 Å². The summed E-state index contributed by atoms with van der Waals surface area (Å²) in [6, 6.07) is 0.380. The topological polar surface area (TPSA) is 41.5 Å².